The first-order chi connectivity index (χ1) is 51.2. The van der Waals surface area contributed by atoms with Crippen molar-refractivity contribution < 1.29 is 60.3 Å². The predicted molar refractivity (Wildman–Crippen MR) is 455 cm³/mol. The molecule has 109 heavy (non-hydrogen) atoms. The SMILES string of the molecule is Cc1cc(-c2[c-]cccc2)ncc1-c1cccc([Si](C)(C)C)c1.Cc1cc(-c2ccc(-c3[c-]cccc3)nc2)ccc1[Si](C)(C)C.Cc1cc([Si](C)(C)C)c(C)cc1-c1ccc(-c2[c-]cccc2)nc1.[Ir].[Ir].[Ir].[c-]1ccccc1-c1ccccn1.[c-]1ccccc1-c1ccccn1.[c-]1ccccc1-c1ccccn1. The van der Waals surface area contributed by atoms with Gasteiger partial charge in [-0.3, -0.25) is 0 Å². The van der Waals surface area contributed by atoms with Gasteiger partial charge in [0.2, 0.25) is 0 Å². The molecule has 0 bridgehead atoms. The molecule has 0 spiro atoms. The van der Waals surface area contributed by atoms with Gasteiger partial charge in [0, 0.05) is 103 Å². The number of aryl methyl sites for hydroxylation is 4. The molecule has 0 aliphatic heterocycles. The van der Waals surface area contributed by atoms with E-state index in [0.717, 1.165) is 73.1 Å². The maximum Gasteiger partial charge on any atom is 0.0779 e. The van der Waals surface area contributed by atoms with Crippen molar-refractivity contribution in [2.24, 2.45) is 0 Å². The van der Waals surface area contributed by atoms with Crippen molar-refractivity contribution in [1.29, 1.82) is 0 Å². The maximum absolute atomic E-state index is 4.66. The van der Waals surface area contributed by atoms with E-state index in [2.05, 4.69) is 238 Å². The van der Waals surface area contributed by atoms with E-state index in [1.165, 1.54) is 60.4 Å². The average Bonchev–Trinajstić information content (AvgIpc) is 0.811. The Kier molecular flexibility index (Phi) is 33.8. The van der Waals surface area contributed by atoms with Gasteiger partial charge in [-0.1, -0.05) is 207 Å². The fraction of sp³-hybridized carbons (Fsp3) is 0.134. The Balaban J connectivity index is 0.000000185. The van der Waals surface area contributed by atoms with Crippen molar-refractivity contribution in [3.05, 3.63) is 381 Å². The van der Waals surface area contributed by atoms with Crippen LogP contribution >= 0.6 is 0 Å². The predicted octanol–water partition coefficient (Wildman–Crippen LogP) is 23.2. The molecule has 0 saturated carbocycles. The van der Waals surface area contributed by atoms with Gasteiger partial charge < -0.3 is 29.9 Å². The van der Waals surface area contributed by atoms with Gasteiger partial charge in [-0.25, -0.2) is 0 Å². The van der Waals surface area contributed by atoms with E-state index in [0.29, 0.717) is 0 Å². The first-order valence-corrected chi connectivity index (χ1v) is 46.4. The molecule has 6 nitrogen and oxygen atoms in total. The van der Waals surface area contributed by atoms with Crippen molar-refractivity contribution in [2.75, 3.05) is 0 Å². The Hall–Kier alpha value is -9.52. The molecule has 15 aromatic rings. The van der Waals surface area contributed by atoms with Crippen molar-refractivity contribution in [3.8, 4) is 101 Å². The van der Waals surface area contributed by atoms with E-state index in [9.17, 15) is 0 Å². The second-order valence-electron chi connectivity index (χ2n) is 28.9. The van der Waals surface area contributed by atoms with Gasteiger partial charge in [0.25, 0.3) is 0 Å². The van der Waals surface area contributed by atoms with Crippen LogP contribution in [0.25, 0.3) is 101 Å². The van der Waals surface area contributed by atoms with Gasteiger partial charge >= 0.3 is 0 Å². The molecule has 0 aliphatic rings. The third-order valence-electron chi connectivity index (χ3n) is 17.6. The summed E-state index contributed by atoms with van der Waals surface area (Å²) in [5.41, 5.74) is 24.8. The number of rotatable bonds is 12. The smallest absolute Gasteiger partial charge is 0.0779 e. The fourth-order valence-electron chi connectivity index (χ4n) is 12.1. The molecule has 9 aromatic carbocycles. The Morgan fingerprint density at radius 2 is 0.587 bits per heavy atom. The summed E-state index contributed by atoms with van der Waals surface area (Å²) in [5.74, 6) is 0. The number of hydrogen-bond donors (Lipinski definition) is 0. The average molecular weight is 2000 g/mol. The second-order valence-corrected chi connectivity index (χ2v) is 44.0. The first-order valence-electron chi connectivity index (χ1n) is 35.9. The van der Waals surface area contributed by atoms with Crippen molar-refractivity contribution in [2.45, 2.75) is 86.6 Å². The number of benzene rings is 9. The maximum atomic E-state index is 4.66. The molecule has 0 N–H and O–H groups in total. The van der Waals surface area contributed by atoms with Crippen molar-refractivity contribution >= 4 is 39.8 Å². The molecular weight excluding hydrogens is 1910 g/mol. The van der Waals surface area contributed by atoms with E-state index >= 15 is 0 Å². The minimum atomic E-state index is -1.31. The summed E-state index contributed by atoms with van der Waals surface area (Å²) in [5, 5.41) is 4.56. The molecular formula is C97H92Ir3N6Si3-6. The molecule has 555 valence electrons. The number of aromatic nitrogens is 6. The Morgan fingerprint density at radius 1 is 0.229 bits per heavy atom. The summed E-state index contributed by atoms with van der Waals surface area (Å²) in [6.07, 6.45) is 11.3. The summed E-state index contributed by atoms with van der Waals surface area (Å²) >= 11 is 0. The van der Waals surface area contributed by atoms with Crippen LogP contribution < -0.4 is 15.6 Å². The van der Waals surface area contributed by atoms with Crippen LogP contribution in [0.5, 0.6) is 0 Å². The van der Waals surface area contributed by atoms with Crippen LogP contribution in [0.2, 0.25) is 58.9 Å². The van der Waals surface area contributed by atoms with Crippen molar-refractivity contribution in [3.63, 3.8) is 0 Å². The molecule has 6 heterocycles. The molecule has 0 amide bonds. The monoisotopic (exact) mass is 2000 g/mol. The van der Waals surface area contributed by atoms with Crippen LogP contribution in [0.3, 0.4) is 0 Å². The molecule has 0 saturated heterocycles. The topological polar surface area (TPSA) is 77.3 Å². The quantitative estimate of drug-likeness (QED) is 0.0896. The normalized spacial score (nSPS) is 10.6. The van der Waals surface area contributed by atoms with Gasteiger partial charge in [0.15, 0.2) is 0 Å². The Bertz CT molecular complexity index is 4860. The Morgan fingerprint density at radius 3 is 0.927 bits per heavy atom. The minimum Gasteiger partial charge on any atom is -0.305 e. The number of hydrogen-bond acceptors (Lipinski definition) is 6. The third kappa shape index (κ3) is 25.8. The van der Waals surface area contributed by atoms with Crippen LogP contribution in [0.15, 0.2) is 322 Å². The zero-order valence-electron chi connectivity index (χ0n) is 64.3. The first kappa shape index (κ1) is 86.7. The zero-order chi connectivity index (χ0) is 74.9. The van der Waals surface area contributed by atoms with Gasteiger partial charge in [-0.2, -0.15) is 0 Å². The van der Waals surface area contributed by atoms with Crippen LogP contribution in [0.1, 0.15) is 22.3 Å². The summed E-state index contributed by atoms with van der Waals surface area (Å²) in [6, 6.07) is 115. The molecule has 6 aromatic heterocycles. The summed E-state index contributed by atoms with van der Waals surface area (Å²) in [7, 11) is -3.88. The summed E-state index contributed by atoms with van der Waals surface area (Å²) in [6.45, 7) is 30.3. The van der Waals surface area contributed by atoms with Crippen LogP contribution in [0.4, 0.5) is 0 Å². The molecule has 0 aliphatic carbocycles. The van der Waals surface area contributed by atoms with Gasteiger partial charge in [-0.05, 0) is 119 Å². The van der Waals surface area contributed by atoms with E-state index in [1.54, 1.807) is 23.8 Å². The molecule has 0 fully saturated rings. The largest absolute Gasteiger partial charge is 0.305 e. The molecule has 12 heteroatoms. The summed E-state index contributed by atoms with van der Waals surface area (Å²) < 4.78 is 0. The molecule has 3 radical (unpaired) electrons. The van der Waals surface area contributed by atoms with E-state index < -0.39 is 24.2 Å². The fourth-order valence-corrected chi connectivity index (χ4v) is 17.0. The molecule has 15 rings (SSSR count). The summed E-state index contributed by atoms with van der Waals surface area (Å²) in [4.78, 5) is 26.6. The molecule has 0 unspecified atom stereocenters. The van der Waals surface area contributed by atoms with Crippen LogP contribution in [-0.4, -0.2) is 54.1 Å². The minimum absolute atomic E-state index is 0. The number of pyridine rings is 6. The van der Waals surface area contributed by atoms with Gasteiger partial charge in [0.1, 0.15) is 0 Å². The van der Waals surface area contributed by atoms with E-state index in [1.807, 2.05) is 219 Å². The Labute approximate surface area is 692 Å². The number of nitrogens with zero attached hydrogens (tertiary/aromatic N) is 6. The third-order valence-corrected chi connectivity index (χ3v) is 24.0. The van der Waals surface area contributed by atoms with E-state index in [4.69, 9.17) is 0 Å². The zero-order valence-corrected chi connectivity index (χ0v) is 74.5. The van der Waals surface area contributed by atoms with Gasteiger partial charge in [-0.15, -0.1) is 215 Å². The van der Waals surface area contributed by atoms with Crippen LogP contribution in [-0.2, 0) is 60.3 Å². The second kappa shape index (κ2) is 42.4. The standard InChI is InChI=1S/C22H24NSi.2C21H22NSi.3C11H8N.3Ir/c1-16-14-22(24(3,4)5)17(2)13-20(16)19-11-12-21(23-15-19)18-9-7-6-8-10-18;1-16-13-21(17-9-6-5-7-10-17)22-15-20(16)18-11-8-12-19(14-18)23(2,3)4;1-16-14-18(11-13-21(16)23(2,3)4)19-10-12-20(22-15-19)17-8-6-5-7-9-17;3*1-2-6-10(7-3-1)11-8-4-5-9-12-11;;;/h6-9,11-15H,1-5H3;5-9,11-15H,1-4H3;5-8,10-15H,1-4H3;3*1-6,8-9H;;;/q6*-1;;;. The van der Waals surface area contributed by atoms with Gasteiger partial charge in [0.05, 0.1) is 24.2 Å². The molecule has 0 atom stereocenters. The van der Waals surface area contributed by atoms with Crippen LogP contribution in [0, 0.1) is 64.1 Å². The van der Waals surface area contributed by atoms with Crippen molar-refractivity contribution in [1.82, 2.24) is 29.9 Å². The van der Waals surface area contributed by atoms with E-state index in [-0.39, 0.29) is 60.3 Å².